The van der Waals surface area contributed by atoms with Gasteiger partial charge in [-0.15, -0.1) is 22.0 Å². The highest BCUT2D eigenvalue weighted by molar-refractivity contribution is 7.98. The molecule has 0 bridgehead atoms. The highest BCUT2D eigenvalue weighted by Crippen LogP contribution is 2.23. The lowest BCUT2D eigenvalue weighted by atomic mass is 10.1. The van der Waals surface area contributed by atoms with Gasteiger partial charge >= 0.3 is 0 Å². The smallest absolute Gasteiger partial charge is 0.244 e. The van der Waals surface area contributed by atoms with Gasteiger partial charge in [0, 0.05) is 31.0 Å². The van der Waals surface area contributed by atoms with Gasteiger partial charge in [0.05, 0.1) is 12.4 Å². The number of hydrogen-bond donors (Lipinski definition) is 0. The zero-order valence-electron chi connectivity index (χ0n) is 19.4. The molecule has 0 saturated heterocycles. The minimum absolute atomic E-state index is 0.617. The zero-order chi connectivity index (χ0) is 22.6. The van der Waals surface area contributed by atoms with E-state index >= 15 is 0 Å². The summed E-state index contributed by atoms with van der Waals surface area (Å²) in [7, 11) is 6.40. The van der Waals surface area contributed by atoms with Crippen LogP contribution in [0.3, 0.4) is 0 Å². The van der Waals surface area contributed by atoms with Crippen molar-refractivity contribution in [2.24, 2.45) is 0 Å². The summed E-state index contributed by atoms with van der Waals surface area (Å²) in [5.74, 6) is 3.73. The number of likely N-dealkylation sites (N-methyl/N-ethyl adjacent to an activating group) is 2. The Morgan fingerprint density at radius 1 is 1.03 bits per heavy atom. The number of thioether (sulfide) groups is 1. The third-order valence-corrected chi connectivity index (χ3v) is 5.99. The van der Waals surface area contributed by atoms with Crippen molar-refractivity contribution < 1.29 is 9.15 Å². The van der Waals surface area contributed by atoms with Crippen molar-refractivity contribution in [1.82, 2.24) is 20.0 Å². The van der Waals surface area contributed by atoms with Crippen molar-refractivity contribution >= 4 is 17.3 Å². The third-order valence-electron chi connectivity index (χ3n) is 5.09. The lowest BCUT2D eigenvalue weighted by molar-refractivity contribution is 0.285. The first kappa shape index (κ1) is 24.3. The zero-order valence-corrected chi connectivity index (χ0v) is 20.2. The molecule has 32 heavy (non-hydrogen) atoms. The fourth-order valence-electron chi connectivity index (χ4n) is 3.13. The molecule has 0 N–H and O–H groups in total. The number of nitrogens with zero attached hydrogens (tertiary/aromatic N) is 4. The molecule has 0 amide bonds. The molecule has 0 unspecified atom stereocenters. The maximum absolute atomic E-state index is 5.90. The highest BCUT2D eigenvalue weighted by Gasteiger charge is 2.12. The van der Waals surface area contributed by atoms with E-state index in [0.717, 1.165) is 49.6 Å². The standard InChI is InChI=1S/C25H34N4O2S/c1-28(2)16-17-29(3)15-14-21-8-7-9-22(13-12-21)25-27-26-24(31-25)20-32-19-18-30-23-10-5-4-6-11-23/h4-8,10-13H,9,14-20H2,1-3H3. The van der Waals surface area contributed by atoms with E-state index in [1.165, 1.54) is 5.57 Å². The summed E-state index contributed by atoms with van der Waals surface area (Å²) >= 11 is 1.73. The van der Waals surface area contributed by atoms with Crippen LogP contribution in [-0.4, -0.2) is 73.1 Å². The fraction of sp³-hybridized carbons (Fsp3) is 0.440. The Kier molecular flexibility index (Phi) is 10.1. The third kappa shape index (κ3) is 8.65. The first-order chi connectivity index (χ1) is 15.6. The second-order valence-electron chi connectivity index (χ2n) is 8.11. The van der Waals surface area contributed by atoms with Crippen LogP contribution in [0.1, 0.15) is 24.6 Å². The fourth-order valence-corrected chi connectivity index (χ4v) is 3.77. The molecule has 2 aromatic rings. The second kappa shape index (κ2) is 13.3. The molecule has 0 radical (unpaired) electrons. The molecule has 0 atom stereocenters. The molecule has 1 heterocycles. The van der Waals surface area contributed by atoms with E-state index in [-0.39, 0.29) is 0 Å². The van der Waals surface area contributed by atoms with E-state index in [1.54, 1.807) is 11.8 Å². The van der Waals surface area contributed by atoms with Crippen molar-refractivity contribution in [3.63, 3.8) is 0 Å². The number of rotatable bonds is 13. The van der Waals surface area contributed by atoms with Gasteiger partial charge in [-0.3, -0.25) is 0 Å². The monoisotopic (exact) mass is 454 g/mol. The normalized spacial score (nSPS) is 13.9. The predicted molar refractivity (Wildman–Crippen MR) is 133 cm³/mol. The summed E-state index contributed by atoms with van der Waals surface area (Å²) in [5, 5.41) is 8.48. The molecule has 1 aliphatic carbocycles. The van der Waals surface area contributed by atoms with E-state index in [4.69, 9.17) is 9.15 Å². The molecule has 0 saturated carbocycles. The predicted octanol–water partition coefficient (Wildman–Crippen LogP) is 4.54. The van der Waals surface area contributed by atoms with E-state index in [2.05, 4.69) is 65.4 Å². The van der Waals surface area contributed by atoms with Gasteiger partial charge in [0.2, 0.25) is 11.8 Å². The van der Waals surface area contributed by atoms with E-state index in [1.807, 2.05) is 30.3 Å². The minimum atomic E-state index is 0.617. The van der Waals surface area contributed by atoms with E-state index < -0.39 is 0 Å². The number of benzene rings is 1. The van der Waals surface area contributed by atoms with Gasteiger partial charge in [-0.1, -0.05) is 42.5 Å². The van der Waals surface area contributed by atoms with Gasteiger partial charge in [-0.2, -0.15) is 0 Å². The lowest BCUT2D eigenvalue weighted by Gasteiger charge is -2.19. The molecule has 7 heteroatoms. The van der Waals surface area contributed by atoms with Gasteiger partial charge < -0.3 is 19.0 Å². The van der Waals surface area contributed by atoms with Crippen LogP contribution in [0.5, 0.6) is 5.75 Å². The summed E-state index contributed by atoms with van der Waals surface area (Å²) in [4.78, 5) is 4.59. The Hall–Kier alpha value is -2.35. The number of hydrogen-bond acceptors (Lipinski definition) is 7. The van der Waals surface area contributed by atoms with Crippen LogP contribution in [0.25, 0.3) is 5.57 Å². The van der Waals surface area contributed by atoms with Crippen molar-refractivity contribution in [2.45, 2.75) is 18.6 Å². The largest absolute Gasteiger partial charge is 0.493 e. The van der Waals surface area contributed by atoms with E-state index in [0.29, 0.717) is 24.1 Å². The van der Waals surface area contributed by atoms with Crippen molar-refractivity contribution in [1.29, 1.82) is 0 Å². The van der Waals surface area contributed by atoms with Crippen molar-refractivity contribution in [2.75, 3.05) is 53.1 Å². The van der Waals surface area contributed by atoms with Gasteiger partial charge in [0.1, 0.15) is 5.75 Å². The van der Waals surface area contributed by atoms with Crippen LogP contribution < -0.4 is 4.74 Å². The molecule has 1 aromatic carbocycles. The van der Waals surface area contributed by atoms with Gasteiger partial charge in [-0.25, -0.2) is 0 Å². The van der Waals surface area contributed by atoms with Gasteiger partial charge in [0.15, 0.2) is 0 Å². The molecule has 1 aromatic heterocycles. The highest BCUT2D eigenvalue weighted by atomic mass is 32.2. The summed E-state index contributed by atoms with van der Waals surface area (Å²) in [6, 6.07) is 9.86. The molecule has 0 fully saturated rings. The Balaban J connectivity index is 1.42. The van der Waals surface area contributed by atoms with Crippen LogP contribution in [0.2, 0.25) is 0 Å². The van der Waals surface area contributed by atoms with Crippen molar-refractivity contribution in [3.05, 3.63) is 72.0 Å². The Labute approximate surface area is 196 Å². The molecule has 1 aliphatic rings. The topological polar surface area (TPSA) is 54.6 Å². The van der Waals surface area contributed by atoms with Crippen LogP contribution in [0.15, 0.2) is 64.6 Å². The molecular weight excluding hydrogens is 420 g/mol. The Morgan fingerprint density at radius 3 is 2.69 bits per heavy atom. The first-order valence-corrected chi connectivity index (χ1v) is 12.2. The number of allylic oxidation sites excluding steroid dienone is 5. The number of aromatic nitrogens is 2. The second-order valence-corrected chi connectivity index (χ2v) is 9.22. The Bertz CT molecular complexity index is 906. The summed E-state index contributed by atoms with van der Waals surface area (Å²) in [5.41, 5.74) is 2.39. The minimum Gasteiger partial charge on any atom is -0.493 e. The molecule has 0 spiro atoms. The summed E-state index contributed by atoms with van der Waals surface area (Å²) < 4.78 is 11.6. The first-order valence-electron chi connectivity index (χ1n) is 11.1. The van der Waals surface area contributed by atoms with Gasteiger partial charge in [0.25, 0.3) is 0 Å². The van der Waals surface area contributed by atoms with Gasteiger partial charge in [-0.05, 0) is 51.7 Å². The van der Waals surface area contributed by atoms with Crippen molar-refractivity contribution in [3.8, 4) is 5.75 Å². The Morgan fingerprint density at radius 2 is 1.88 bits per heavy atom. The molecule has 3 rings (SSSR count). The average Bonchev–Trinajstić information content (AvgIpc) is 3.14. The molecule has 6 nitrogen and oxygen atoms in total. The SMILES string of the molecule is CN(C)CCN(C)CCC1=CC=C(c2nnc(CSCCOc3ccccc3)o2)CC=C1. The maximum atomic E-state index is 5.90. The number of ether oxygens (including phenoxy) is 1. The maximum Gasteiger partial charge on any atom is 0.244 e. The quantitative estimate of drug-likeness (QED) is 0.412. The number of para-hydroxylation sites is 1. The molecule has 172 valence electrons. The molecular formula is C25H34N4O2S. The van der Waals surface area contributed by atoms with Crippen LogP contribution in [0.4, 0.5) is 0 Å². The lowest BCUT2D eigenvalue weighted by Crippen LogP contribution is -2.29. The summed E-state index contributed by atoms with van der Waals surface area (Å²) in [6.07, 6.45) is 10.5. The molecule has 0 aliphatic heterocycles. The summed E-state index contributed by atoms with van der Waals surface area (Å²) in [6.45, 7) is 3.85. The van der Waals surface area contributed by atoms with Crippen LogP contribution >= 0.6 is 11.8 Å². The van der Waals surface area contributed by atoms with Crippen LogP contribution in [0, 0.1) is 0 Å². The van der Waals surface area contributed by atoms with Crippen LogP contribution in [-0.2, 0) is 5.75 Å². The van der Waals surface area contributed by atoms with E-state index in [9.17, 15) is 0 Å². The average molecular weight is 455 g/mol.